The van der Waals surface area contributed by atoms with Gasteiger partial charge in [0.15, 0.2) is 17.6 Å². The molecule has 0 radical (unpaired) electrons. The molecule has 0 aliphatic carbocycles. The largest absolute Gasteiger partial charge is 0.456 e. The van der Waals surface area contributed by atoms with E-state index in [9.17, 15) is 0 Å². The number of nitrogens with zero attached hydrogens (tertiary/aromatic N) is 6. The fraction of sp³-hybridized carbons (Fsp3) is 0.194. The Morgan fingerprint density at radius 2 is 1.19 bits per heavy atom. The van der Waals surface area contributed by atoms with Gasteiger partial charge in [0.25, 0.3) is 0 Å². The van der Waals surface area contributed by atoms with Crippen LogP contribution in [0.1, 0.15) is 76.8 Å². The summed E-state index contributed by atoms with van der Waals surface area (Å²) < 4.78 is 13.6. The fourth-order valence-corrected chi connectivity index (χ4v) is 12.1. The second-order valence-electron chi connectivity index (χ2n) is 19.0. The molecule has 0 N–H and O–H groups in total. The van der Waals surface area contributed by atoms with Gasteiger partial charge in [0.2, 0.25) is 17.6 Å². The summed E-state index contributed by atoms with van der Waals surface area (Å²) in [6, 6.07) is 59.4. The predicted octanol–water partition coefficient (Wildman–Crippen LogP) is 15.6. The highest BCUT2D eigenvalue weighted by Gasteiger charge is 2.50. The second-order valence-corrected chi connectivity index (χ2v) is 19.0. The van der Waals surface area contributed by atoms with E-state index >= 15 is 0 Å². The zero-order valence-corrected chi connectivity index (χ0v) is 39.6. The van der Waals surface area contributed by atoms with Crippen molar-refractivity contribution < 1.29 is 8.98 Å². The van der Waals surface area contributed by atoms with E-state index < -0.39 is 0 Å². The fourth-order valence-electron chi connectivity index (χ4n) is 12.1. The Bertz CT molecular complexity index is 3980. The average Bonchev–Trinajstić information content (AvgIpc) is 4.05. The van der Waals surface area contributed by atoms with Crippen LogP contribution < -0.4 is 4.57 Å². The van der Waals surface area contributed by atoms with Crippen molar-refractivity contribution in [2.75, 3.05) is 0 Å². The molecular formula is C62H53N6O+. The number of rotatable bonds is 10. The van der Waals surface area contributed by atoms with E-state index in [1.165, 1.54) is 38.7 Å². The number of furan rings is 1. The zero-order chi connectivity index (χ0) is 46.4. The Morgan fingerprint density at radius 1 is 0.522 bits per heavy atom. The maximum Gasteiger partial charge on any atom is 0.240 e. The van der Waals surface area contributed by atoms with Crippen molar-refractivity contribution >= 4 is 65.6 Å². The Kier molecular flexibility index (Phi) is 9.65. The first-order valence-corrected chi connectivity index (χ1v) is 24.9. The first-order chi connectivity index (χ1) is 34.0. The summed E-state index contributed by atoms with van der Waals surface area (Å²) >= 11 is 0. The highest BCUT2D eigenvalue weighted by Crippen LogP contribution is 2.48. The number of fused-ring (bicyclic) bond motifs is 12. The first-order valence-electron chi connectivity index (χ1n) is 24.9. The van der Waals surface area contributed by atoms with Gasteiger partial charge in [-0.2, -0.15) is 19.5 Å². The van der Waals surface area contributed by atoms with Gasteiger partial charge in [-0.25, -0.2) is 0 Å². The molecule has 1 aliphatic heterocycles. The first kappa shape index (κ1) is 41.3. The monoisotopic (exact) mass is 897 g/mol. The second kappa shape index (κ2) is 16.1. The lowest BCUT2D eigenvalue weighted by Gasteiger charge is -2.39. The van der Waals surface area contributed by atoms with Crippen molar-refractivity contribution in [3.05, 3.63) is 181 Å². The molecule has 0 fully saturated rings. The lowest BCUT2D eigenvalue weighted by molar-refractivity contribution is -0.762. The highest BCUT2D eigenvalue weighted by atomic mass is 16.3. The summed E-state index contributed by atoms with van der Waals surface area (Å²) in [5, 5.41) is 6.77. The lowest BCUT2D eigenvalue weighted by atomic mass is 9.69. The number of para-hydroxylation sites is 2. The summed E-state index contributed by atoms with van der Waals surface area (Å²) in [7, 11) is 0. The molecule has 1 atom stereocenters. The number of hydrogen-bond acceptors (Lipinski definition) is 4. The highest BCUT2D eigenvalue weighted by molar-refractivity contribution is 6.18. The molecule has 69 heavy (non-hydrogen) atoms. The Balaban J connectivity index is 1.06. The molecule has 0 saturated heterocycles. The third-order valence-electron chi connectivity index (χ3n) is 15.5. The van der Waals surface area contributed by atoms with Gasteiger partial charge >= 0.3 is 0 Å². The zero-order valence-electron chi connectivity index (χ0n) is 39.6. The van der Waals surface area contributed by atoms with Gasteiger partial charge in [-0.3, -0.25) is 9.13 Å². The predicted molar refractivity (Wildman–Crippen MR) is 282 cm³/mol. The number of aromatic nitrogens is 6. The van der Waals surface area contributed by atoms with Gasteiger partial charge < -0.3 is 4.42 Å². The summed E-state index contributed by atoms with van der Waals surface area (Å²) in [4.78, 5) is 16.2. The van der Waals surface area contributed by atoms with Gasteiger partial charge in [0.1, 0.15) is 11.2 Å². The lowest BCUT2D eigenvalue weighted by Crippen LogP contribution is -2.62. The van der Waals surface area contributed by atoms with E-state index in [4.69, 9.17) is 19.4 Å². The Hall–Kier alpha value is -7.90. The summed E-state index contributed by atoms with van der Waals surface area (Å²) in [5.74, 6) is 2.12. The van der Waals surface area contributed by atoms with Crippen LogP contribution in [0, 0.1) is 0 Å². The van der Waals surface area contributed by atoms with E-state index in [1.807, 2.05) is 30.3 Å². The minimum absolute atomic E-state index is 0.0395. The van der Waals surface area contributed by atoms with Crippen LogP contribution in [0.15, 0.2) is 174 Å². The van der Waals surface area contributed by atoms with Gasteiger partial charge in [-0.05, 0) is 96.1 Å². The minimum Gasteiger partial charge on any atom is -0.456 e. The average molecular weight is 898 g/mol. The van der Waals surface area contributed by atoms with Crippen LogP contribution in [0.25, 0.3) is 111 Å². The Morgan fingerprint density at radius 3 is 1.99 bits per heavy atom. The van der Waals surface area contributed by atoms with Crippen molar-refractivity contribution in [2.24, 2.45) is 0 Å². The number of pyridine rings is 1. The smallest absolute Gasteiger partial charge is 0.240 e. The van der Waals surface area contributed by atoms with Gasteiger partial charge in [0, 0.05) is 74.8 Å². The van der Waals surface area contributed by atoms with Crippen molar-refractivity contribution in [2.45, 2.75) is 77.7 Å². The molecule has 7 aromatic carbocycles. The van der Waals surface area contributed by atoms with Crippen LogP contribution in [0.3, 0.4) is 0 Å². The van der Waals surface area contributed by atoms with Gasteiger partial charge in [0.05, 0.1) is 27.6 Å². The number of aryl methyl sites for hydroxylation is 1. The van der Waals surface area contributed by atoms with Gasteiger partial charge in [-0.1, -0.05) is 125 Å². The van der Waals surface area contributed by atoms with Gasteiger partial charge in [-0.15, -0.1) is 0 Å². The number of benzene rings is 7. The molecule has 5 aromatic heterocycles. The molecule has 0 amide bonds. The van der Waals surface area contributed by atoms with E-state index in [1.54, 1.807) is 0 Å². The molecule has 0 spiro atoms. The molecule has 0 saturated carbocycles. The molecule has 1 unspecified atom stereocenters. The van der Waals surface area contributed by atoms with Crippen LogP contribution in [0.2, 0.25) is 0 Å². The van der Waals surface area contributed by atoms with Crippen LogP contribution in [0.5, 0.6) is 0 Å². The van der Waals surface area contributed by atoms with E-state index in [2.05, 4.69) is 181 Å². The van der Waals surface area contributed by atoms with Crippen molar-refractivity contribution in [3.63, 3.8) is 0 Å². The number of unbranched alkanes of at least 4 members (excludes halogenated alkanes) is 1. The summed E-state index contributed by atoms with van der Waals surface area (Å²) in [6.07, 6.45) is 8.91. The third kappa shape index (κ3) is 6.25. The van der Waals surface area contributed by atoms with Crippen molar-refractivity contribution in [1.82, 2.24) is 24.1 Å². The van der Waals surface area contributed by atoms with E-state index in [-0.39, 0.29) is 5.54 Å². The molecule has 12 aromatic rings. The minimum atomic E-state index is 0.0395. The normalized spacial score (nSPS) is 14.4. The summed E-state index contributed by atoms with van der Waals surface area (Å²) in [6.45, 7) is 9.32. The van der Waals surface area contributed by atoms with Crippen LogP contribution >= 0.6 is 0 Å². The van der Waals surface area contributed by atoms with Crippen LogP contribution in [-0.2, 0) is 12.0 Å². The molecule has 13 rings (SSSR count). The molecule has 7 heteroatoms. The summed E-state index contributed by atoms with van der Waals surface area (Å²) in [5.41, 5.74) is 14.5. The maximum atomic E-state index is 6.60. The maximum absolute atomic E-state index is 6.60. The molecular weight excluding hydrogens is 845 g/mol. The van der Waals surface area contributed by atoms with E-state index in [0.29, 0.717) is 23.6 Å². The molecule has 1 aliphatic rings. The molecule has 6 heterocycles. The van der Waals surface area contributed by atoms with Crippen LogP contribution in [-0.4, -0.2) is 24.1 Å². The molecule has 0 bridgehead atoms. The quantitative estimate of drug-likeness (QED) is 0.128. The SMILES string of the molecule is CCCCc1ccc2c(c1)c1ccccc1n2-c1nc(-c2ccccc2)nc(-n2c3ccc(-c4ccc5c(c4)-c4cccc[n+]4C(CC)(CC)C5CC)cc3c3cc4c(cc32)oc2ccccc24)n1. The van der Waals surface area contributed by atoms with E-state index in [0.717, 1.165) is 104 Å². The Labute approximate surface area is 401 Å². The van der Waals surface area contributed by atoms with Crippen molar-refractivity contribution in [3.8, 4) is 45.7 Å². The third-order valence-corrected chi connectivity index (χ3v) is 15.5. The van der Waals surface area contributed by atoms with Crippen LogP contribution in [0.4, 0.5) is 0 Å². The molecule has 336 valence electrons. The molecule has 7 nitrogen and oxygen atoms in total. The topological polar surface area (TPSA) is 65.6 Å². The van der Waals surface area contributed by atoms with Crippen molar-refractivity contribution in [1.29, 1.82) is 0 Å². The number of hydrogen-bond donors (Lipinski definition) is 0. The standard InChI is InChI=1S/C62H53N6O/c1-5-9-19-39-27-31-54-46(34-39)44-22-13-15-25-53(44)67(54)60-63-59(40-20-11-10-12-21-40)64-61(65-60)68-55-32-29-42(36-48(55)49-37-50-45-23-14-16-26-57(45)69-58(50)38-56(49)68)41-28-30-43-47(35-41)52-24-17-18-33-66(52)62(7-3,8-4)51(43)6-2/h10-18,20-38,51H,5-9,19H2,1-4H3/q+1.